The monoisotopic (exact) mass is 510 g/mol. The van der Waals surface area contributed by atoms with Crippen LogP contribution in [0, 0.1) is 11.6 Å². The third-order valence-electron chi connectivity index (χ3n) is 5.77. The first-order chi connectivity index (χ1) is 16.7. The number of halogens is 2. The van der Waals surface area contributed by atoms with Crippen molar-refractivity contribution in [3.05, 3.63) is 48.0 Å². The molecule has 2 aromatic rings. The van der Waals surface area contributed by atoms with Gasteiger partial charge in [-0.05, 0) is 12.1 Å². The Hall–Kier alpha value is -3.53. The van der Waals surface area contributed by atoms with Crippen LogP contribution in [0.1, 0.15) is 0 Å². The lowest BCUT2D eigenvalue weighted by molar-refractivity contribution is 0.132. The van der Waals surface area contributed by atoms with E-state index in [2.05, 4.69) is 10.1 Å². The standard InChI is InChI=1S/C22H25F2N4O6P/c1-32-21(29)26-12-15-13-28(22(30)33-15)14-10-16(23)20(17(24)11-14)27-6-8-35(31,9-7-27)34-19-5-3-2-4-18(19)25/h2-5,10-11,15H,6-9,12-13,25H2,1H3,(H,26,29)/t15-/m0/s1. The number of anilines is 3. The fraction of sp³-hybridized carbons (Fsp3) is 0.364. The third kappa shape index (κ3) is 5.43. The average Bonchev–Trinajstić information content (AvgIpc) is 3.20. The molecule has 0 aliphatic carbocycles. The Morgan fingerprint density at radius 2 is 1.89 bits per heavy atom. The van der Waals surface area contributed by atoms with Crippen molar-refractivity contribution >= 4 is 36.6 Å². The molecule has 0 aromatic heterocycles. The van der Waals surface area contributed by atoms with Crippen LogP contribution in [-0.4, -0.2) is 63.9 Å². The molecular formula is C22H25F2N4O6P. The second kappa shape index (κ2) is 9.99. The van der Waals surface area contributed by atoms with Crippen molar-refractivity contribution in [2.45, 2.75) is 6.10 Å². The highest BCUT2D eigenvalue weighted by Gasteiger charge is 2.36. The minimum Gasteiger partial charge on any atom is -0.453 e. The Morgan fingerprint density at radius 3 is 2.51 bits per heavy atom. The van der Waals surface area contributed by atoms with Crippen LogP contribution in [0.5, 0.6) is 5.75 Å². The number of rotatable bonds is 6. The Morgan fingerprint density at radius 1 is 1.23 bits per heavy atom. The number of ether oxygens (including phenoxy) is 2. The van der Waals surface area contributed by atoms with Crippen molar-refractivity contribution in [2.24, 2.45) is 0 Å². The van der Waals surface area contributed by atoms with E-state index in [1.807, 2.05) is 0 Å². The number of methoxy groups -OCH3 is 1. The number of nitrogens with two attached hydrogens (primary N) is 1. The largest absolute Gasteiger partial charge is 0.453 e. The number of hydrogen-bond donors (Lipinski definition) is 2. The lowest BCUT2D eigenvalue weighted by atomic mass is 10.2. The van der Waals surface area contributed by atoms with E-state index in [9.17, 15) is 14.2 Å². The SMILES string of the molecule is COC(=O)NC[C@H]1CN(c2cc(F)c(N3CCP(=O)(Oc4ccccc4N)CC3)c(F)c2)C(=O)O1. The number of hydrogen-bond acceptors (Lipinski definition) is 8. The summed E-state index contributed by atoms with van der Waals surface area (Å²) in [5.41, 5.74) is 5.94. The van der Waals surface area contributed by atoms with Gasteiger partial charge in [0, 0.05) is 25.2 Å². The zero-order chi connectivity index (χ0) is 25.2. The molecule has 10 nitrogen and oxygen atoms in total. The molecule has 0 radical (unpaired) electrons. The number of amides is 2. The number of cyclic esters (lactones) is 1. The van der Waals surface area contributed by atoms with Crippen molar-refractivity contribution in [3.8, 4) is 5.75 Å². The van der Waals surface area contributed by atoms with E-state index in [4.69, 9.17) is 15.0 Å². The summed E-state index contributed by atoms with van der Waals surface area (Å²) in [5.74, 6) is -1.41. The minimum atomic E-state index is -3.08. The normalized spacial score (nSPS) is 19.3. The van der Waals surface area contributed by atoms with Crippen LogP contribution in [0.25, 0.3) is 0 Å². The van der Waals surface area contributed by atoms with Crippen molar-refractivity contribution in [1.29, 1.82) is 0 Å². The Kier molecular flexibility index (Phi) is 7.02. The number of para-hydroxylation sites is 2. The molecule has 2 saturated heterocycles. The molecule has 3 N–H and O–H groups in total. The molecule has 2 fully saturated rings. The van der Waals surface area contributed by atoms with Crippen molar-refractivity contribution in [1.82, 2.24) is 5.32 Å². The van der Waals surface area contributed by atoms with Crippen molar-refractivity contribution in [3.63, 3.8) is 0 Å². The van der Waals surface area contributed by atoms with E-state index in [0.717, 1.165) is 17.0 Å². The minimum absolute atomic E-state index is 0.00605. The Bertz CT molecular complexity index is 1150. The fourth-order valence-corrected chi connectivity index (χ4v) is 5.97. The van der Waals surface area contributed by atoms with Gasteiger partial charge in [0.25, 0.3) is 7.37 Å². The highest BCUT2D eigenvalue weighted by atomic mass is 31.2. The number of nitrogens with one attached hydrogen (secondary N) is 1. The average molecular weight is 510 g/mol. The summed E-state index contributed by atoms with van der Waals surface area (Å²) in [5, 5.41) is 2.41. The molecule has 0 bridgehead atoms. The molecule has 0 spiro atoms. The number of carbonyl (C=O) groups excluding carboxylic acids is 2. The van der Waals surface area contributed by atoms with Crippen LogP contribution in [0.3, 0.4) is 0 Å². The van der Waals surface area contributed by atoms with E-state index in [0.29, 0.717) is 11.4 Å². The highest BCUT2D eigenvalue weighted by molar-refractivity contribution is 7.59. The molecule has 1 atom stereocenters. The molecule has 0 saturated carbocycles. The summed E-state index contributed by atoms with van der Waals surface area (Å²) >= 11 is 0. The van der Waals surface area contributed by atoms with E-state index < -0.39 is 37.3 Å². The van der Waals surface area contributed by atoms with Crippen LogP contribution in [0.15, 0.2) is 36.4 Å². The van der Waals surface area contributed by atoms with Gasteiger partial charge in [-0.1, -0.05) is 12.1 Å². The van der Waals surface area contributed by atoms with Gasteiger partial charge in [-0.3, -0.25) is 9.46 Å². The third-order valence-corrected chi connectivity index (χ3v) is 8.06. The molecule has 35 heavy (non-hydrogen) atoms. The van der Waals surface area contributed by atoms with Gasteiger partial charge in [0.15, 0.2) is 11.6 Å². The number of benzene rings is 2. The van der Waals surface area contributed by atoms with Crippen molar-refractivity contribution < 1.29 is 36.9 Å². The molecule has 2 aliphatic rings. The second-order valence-electron chi connectivity index (χ2n) is 8.12. The van der Waals surface area contributed by atoms with E-state index in [1.165, 1.54) is 12.0 Å². The maximum atomic E-state index is 15.0. The Labute approximate surface area is 200 Å². The predicted octanol–water partition coefficient (Wildman–Crippen LogP) is 3.41. The second-order valence-corrected chi connectivity index (χ2v) is 10.8. The van der Waals surface area contributed by atoms with Gasteiger partial charge < -0.3 is 29.9 Å². The van der Waals surface area contributed by atoms with E-state index in [1.54, 1.807) is 24.3 Å². The first kappa shape index (κ1) is 24.6. The first-order valence-electron chi connectivity index (χ1n) is 10.9. The van der Waals surface area contributed by atoms with Crippen LogP contribution >= 0.6 is 7.37 Å². The van der Waals surface area contributed by atoms with E-state index >= 15 is 8.78 Å². The zero-order valence-corrected chi connectivity index (χ0v) is 19.8. The van der Waals surface area contributed by atoms with Gasteiger partial charge in [-0.25, -0.2) is 18.4 Å². The maximum absolute atomic E-state index is 15.0. The Balaban J connectivity index is 1.42. The number of alkyl carbamates (subject to hydrolysis) is 1. The zero-order valence-electron chi connectivity index (χ0n) is 18.9. The quantitative estimate of drug-likeness (QED) is 0.448. The van der Waals surface area contributed by atoms with Gasteiger partial charge in [0.2, 0.25) is 0 Å². The summed E-state index contributed by atoms with van der Waals surface area (Å²) in [6.45, 7) is 0.213. The summed E-state index contributed by atoms with van der Waals surface area (Å²) < 4.78 is 58.4. The molecule has 2 heterocycles. The molecule has 4 rings (SSSR count). The number of carbonyl (C=O) groups is 2. The fourth-order valence-electron chi connectivity index (χ4n) is 3.95. The van der Waals surface area contributed by atoms with Gasteiger partial charge in [0.1, 0.15) is 17.5 Å². The van der Waals surface area contributed by atoms with Crippen LogP contribution in [0.2, 0.25) is 0 Å². The number of nitrogen functional groups attached to an aromatic ring is 1. The molecule has 2 aromatic carbocycles. The van der Waals surface area contributed by atoms with Gasteiger partial charge in [0.05, 0.1) is 43.9 Å². The molecular weight excluding hydrogens is 485 g/mol. The molecule has 2 amide bonds. The summed E-state index contributed by atoms with van der Waals surface area (Å²) in [6.07, 6.45) is -2.00. The lowest BCUT2D eigenvalue weighted by Gasteiger charge is -2.34. The molecule has 13 heteroatoms. The lowest BCUT2D eigenvalue weighted by Crippen LogP contribution is -2.37. The highest BCUT2D eigenvalue weighted by Crippen LogP contribution is 2.50. The number of nitrogens with zero attached hydrogens (tertiary/aromatic N) is 2. The first-order valence-corrected chi connectivity index (χ1v) is 12.8. The molecule has 0 unspecified atom stereocenters. The van der Waals surface area contributed by atoms with Crippen LogP contribution < -0.4 is 25.4 Å². The molecule has 188 valence electrons. The summed E-state index contributed by atoms with van der Waals surface area (Å²) in [7, 11) is -1.89. The summed E-state index contributed by atoms with van der Waals surface area (Å²) in [4.78, 5) is 26.0. The van der Waals surface area contributed by atoms with Crippen LogP contribution in [-0.2, 0) is 14.0 Å². The van der Waals surface area contributed by atoms with Gasteiger partial charge >= 0.3 is 12.2 Å². The topological polar surface area (TPSA) is 123 Å². The van der Waals surface area contributed by atoms with Crippen LogP contribution in [0.4, 0.5) is 35.4 Å². The van der Waals surface area contributed by atoms with Gasteiger partial charge in [-0.2, -0.15) is 0 Å². The summed E-state index contributed by atoms with van der Waals surface area (Å²) in [6, 6.07) is 8.80. The molecule has 2 aliphatic heterocycles. The maximum Gasteiger partial charge on any atom is 0.414 e. The smallest absolute Gasteiger partial charge is 0.414 e. The van der Waals surface area contributed by atoms with Crippen molar-refractivity contribution in [2.75, 3.05) is 61.1 Å². The van der Waals surface area contributed by atoms with E-state index in [-0.39, 0.29) is 49.9 Å². The predicted molar refractivity (Wildman–Crippen MR) is 125 cm³/mol. The van der Waals surface area contributed by atoms with Gasteiger partial charge in [-0.15, -0.1) is 0 Å².